The van der Waals surface area contributed by atoms with Crippen molar-refractivity contribution < 1.29 is 18.4 Å². The van der Waals surface area contributed by atoms with Crippen LogP contribution in [0.1, 0.15) is 27.5 Å². The molecule has 1 N–H and O–H groups in total. The smallest absolute Gasteiger partial charge is 0.255 e. The average molecular weight is 464 g/mol. The maximum atomic E-state index is 14.5. The highest BCUT2D eigenvalue weighted by Gasteiger charge is 2.39. The maximum absolute atomic E-state index is 14.5. The number of nitrogens with one attached hydrogen (secondary N) is 1. The Hall–Kier alpha value is -2.65. The molecular formula is C19H12BrF2N3O2S. The fourth-order valence-electron chi connectivity index (χ4n) is 3.14. The number of nitrogens with zero attached hydrogens (tertiary/aromatic N) is 2. The summed E-state index contributed by atoms with van der Waals surface area (Å²) >= 11 is 4.50. The lowest BCUT2D eigenvalue weighted by Gasteiger charge is -2.27. The average Bonchev–Trinajstić information content (AvgIpc) is 3.27. The van der Waals surface area contributed by atoms with Crippen molar-refractivity contribution in [3.8, 4) is 0 Å². The van der Waals surface area contributed by atoms with Crippen molar-refractivity contribution in [1.29, 1.82) is 0 Å². The van der Waals surface area contributed by atoms with Crippen LogP contribution in [0.15, 0.2) is 52.4 Å². The van der Waals surface area contributed by atoms with Crippen molar-refractivity contribution in [2.45, 2.75) is 12.6 Å². The molecule has 4 rings (SSSR count). The van der Waals surface area contributed by atoms with Crippen LogP contribution in [0.25, 0.3) is 0 Å². The van der Waals surface area contributed by atoms with E-state index < -0.39 is 29.5 Å². The molecule has 0 saturated heterocycles. The molecule has 5 nitrogen and oxygen atoms in total. The van der Waals surface area contributed by atoms with E-state index in [-0.39, 0.29) is 12.1 Å². The van der Waals surface area contributed by atoms with Gasteiger partial charge in [-0.05, 0) is 35.9 Å². The van der Waals surface area contributed by atoms with Crippen LogP contribution in [0, 0.1) is 11.6 Å². The molecule has 9 heteroatoms. The third-order valence-corrected chi connectivity index (χ3v) is 5.56. The second kappa shape index (κ2) is 7.40. The van der Waals surface area contributed by atoms with E-state index >= 15 is 0 Å². The van der Waals surface area contributed by atoms with Gasteiger partial charge in [0.25, 0.3) is 11.8 Å². The molecule has 0 aliphatic carbocycles. The molecule has 1 aliphatic rings. The monoisotopic (exact) mass is 463 g/mol. The molecule has 1 atom stereocenters. The van der Waals surface area contributed by atoms with Gasteiger partial charge in [-0.3, -0.25) is 14.9 Å². The Morgan fingerprint density at radius 2 is 2.07 bits per heavy atom. The first-order valence-electron chi connectivity index (χ1n) is 8.19. The Morgan fingerprint density at radius 1 is 1.25 bits per heavy atom. The fourth-order valence-corrected chi connectivity index (χ4v) is 4.03. The van der Waals surface area contributed by atoms with Gasteiger partial charge in [-0.25, -0.2) is 13.8 Å². The first-order chi connectivity index (χ1) is 13.4. The zero-order valence-corrected chi connectivity index (χ0v) is 16.6. The Balaban J connectivity index is 1.76. The molecule has 142 valence electrons. The number of amides is 2. The number of hydrogen-bond donors (Lipinski definition) is 1. The van der Waals surface area contributed by atoms with Crippen molar-refractivity contribution in [1.82, 2.24) is 9.88 Å². The van der Waals surface area contributed by atoms with Gasteiger partial charge in [0.2, 0.25) is 0 Å². The summed E-state index contributed by atoms with van der Waals surface area (Å²) in [6, 6.07) is 6.68. The number of carbonyl (C=O) groups excluding carboxylic acids is 2. The van der Waals surface area contributed by atoms with E-state index in [0.29, 0.717) is 20.7 Å². The summed E-state index contributed by atoms with van der Waals surface area (Å²) in [5, 5.41) is 4.55. The summed E-state index contributed by atoms with van der Waals surface area (Å²) in [7, 11) is 0. The van der Waals surface area contributed by atoms with Crippen LogP contribution in [0.5, 0.6) is 0 Å². The van der Waals surface area contributed by atoms with Crippen LogP contribution in [-0.2, 0) is 11.3 Å². The lowest BCUT2D eigenvalue weighted by atomic mass is 10.0. The quantitative estimate of drug-likeness (QED) is 0.618. The van der Waals surface area contributed by atoms with Gasteiger partial charge in [-0.15, -0.1) is 11.3 Å². The summed E-state index contributed by atoms with van der Waals surface area (Å²) < 4.78 is 29.1. The number of rotatable bonds is 4. The molecule has 0 spiro atoms. The van der Waals surface area contributed by atoms with Crippen LogP contribution in [0.4, 0.5) is 13.9 Å². The Bertz CT molecular complexity index is 1080. The zero-order chi connectivity index (χ0) is 19.8. The molecule has 0 saturated carbocycles. The minimum absolute atomic E-state index is 0.105. The Kier molecular flexibility index (Phi) is 4.94. The predicted molar refractivity (Wildman–Crippen MR) is 104 cm³/mol. The van der Waals surface area contributed by atoms with Gasteiger partial charge in [0.1, 0.15) is 17.7 Å². The number of carbonyl (C=O) groups is 2. The normalized spacial score (nSPS) is 14.1. The van der Waals surface area contributed by atoms with Crippen LogP contribution in [0.3, 0.4) is 0 Å². The molecule has 3 aromatic rings. The van der Waals surface area contributed by atoms with Gasteiger partial charge >= 0.3 is 0 Å². The second-order valence-corrected chi connectivity index (χ2v) is 7.94. The number of benzene rings is 2. The molecule has 0 radical (unpaired) electrons. The largest absolute Gasteiger partial charge is 0.318 e. The van der Waals surface area contributed by atoms with Crippen molar-refractivity contribution in [3.63, 3.8) is 0 Å². The summed E-state index contributed by atoms with van der Waals surface area (Å²) in [5.74, 6) is -2.57. The third kappa shape index (κ3) is 3.43. The predicted octanol–water partition coefficient (Wildman–Crippen LogP) is 4.52. The van der Waals surface area contributed by atoms with E-state index in [4.69, 9.17) is 0 Å². The molecule has 2 amide bonds. The minimum atomic E-state index is -1.35. The molecule has 28 heavy (non-hydrogen) atoms. The van der Waals surface area contributed by atoms with Gasteiger partial charge in [0, 0.05) is 33.7 Å². The summed E-state index contributed by atoms with van der Waals surface area (Å²) in [6.07, 6.45) is 1.51. The lowest BCUT2D eigenvalue weighted by molar-refractivity contribution is -0.120. The number of thiazole rings is 1. The molecule has 2 heterocycles. The van der Waals surface area contributed by atoms with Crippen molar-refractivity contribution in [3.05, 3.63) is 80.8 Å². The maximum Gasteiger partial charge on any atom is 0.255 e. The SMILES string of the molecule is O=C(Nc1nccs1)C(c1cc(F)ccc1F)N1Cc2ccc(Br)cc2C1=O. The fraction of sp³-hybridized carbons (Fsp3) is 0.105. The minimum Gasteiger partial charge on any atom is -0.318 e. The molecule has 1 aliphatic heterocycles. The molecule has 2 aromatic carbocycles. The van der Waals surface area contributed by atoms with Gasteiger partial charge in [0.05, 0.1) is 0 Å². The number of anilines is 1. The highest BCUT2D eigenvalue weighted by Crippen LogP contribution is 2.35. The standard InChI is InChI=1S/C19H12BrF2N3O2S/c20-11-2-1-10-9-25(18(27)13(10)7-11)16(14-8-12(21)3-4-15(14)22)17(26)24-19-23-5-6-28-19/h1-8,16H,9H2,(H,23,24,26). The lowest BCUT2D eigenvalue weighted by Crippen LogP contribution is -2.38. The molecule has 0 fully saturated rings. The highest BCUT2D eigenvalue weighted by atomic mass is 79.9. The number of halogens is 3. The third-order valence-electron chi connectivity index (χ3n) is 4.38. The van der Waals surface area contributed by atoms with E-state index in [9.17, 15) is 18.4 Å². The van der Waals surface area contributed by atoms with Crippen LogP contribution in [0.2, 0.25) is 0 Å². The van der Waals surface area contributed by atoms with Gasteiger partial charge in [0.15, 0.2) is 5.13 Å². The molecule has 0 bridgehead atoms. The van der Waals surface area contributed by atoms with Crippen molar-refractivity contribution in [2.24, 2.45) is 0 Å². The van der Waals surface area contributed by atoms with E-state index in [0.717, 1.165) is 18.2 Å². The first-order valence-corrected chi connectivity index (χ1v) is 9.86. The van der Waals surface area contributed by atoms with Gasteiger partial charge < -0.3 is 4.90 Å². The molecular weight excluding hydrogens is 452 g/mol. The number of fused-ring (bicyclic) bond motifs is 1. The zero-order valence-electron chi connectivity index (χ0n) is 14.2. The Morgan fingerprint density at radius 3 is 2.82 bits per heavy atom. The summed E-state index contributed by atoms with van der Waals surface area (Å²) in [6.45, 7) is 0.105. The number of hydrogen-bond acceptors (Lipinski definition) is 4. The van der Waals surface area contributed by atoms with Crippen LogP contribution < -0.4 is 5.32 Å². The van der Waals surface area contributed by atoms with Crippen molar-refractivity contribution in [2.75, 3.05) is 5.32 Å². The van der Waals surface area contributed by atoms with E-state index in [1.54, 1.807) is 23.6 Å². The Labute approximate surface area is 171 Å². The number of aromatic nitrogens is 1. The summed E-state index contributed by atoms with van der Waals surface area (Å²) in [5.41, 5.74) is 0.907. The van der Waals surface area contributed by atoms with Crippen molar-refractivity contribution >= 4 is 44.2 Å². The van der Waals surface area contributed by atoms with E-state index in [2.05, 4.69) is 26.2 Å². The van der Waals surface area contributed by atoms with Gasteiger partial charge in [-0.2, -0.15) is 0 Å². The molecule has 1 aromatic heterocycles. The summed E-state index contributed by atoms with van der Waals surface area (Å²) in [4.78, 5) is 31.2. The highest BCUT2D eigenvalue weighted by molar-refractivity contribution is 9.10. The van der Waals surface area contributed by atoms with Crippen LogP contribution in [-0.4, -0.2) is 21.7 Å². The van der Waals surface area contributed by atoms with Gasteiger partial charge in [-0.1, -0.05) is 22.0 Å². The molecule has 1 unspecified atom stereocenters. The second-order valence-electron chi connectivity index (χ2n) is 6.13. The van der Waals surface area contributed by atoms with E-state index in [1.807, 2.05) is 0 Å². The van der Waals surface area contributed by atoms with Crippen LogP contribution >= 0.6 is 27.3 Å². The first kappa shape index (κ1) is 18.7. The topological polar surface area (TPSA) is 62.3 Å². The van der Waals surface area contributed by atoms with E-state index in [1.165, 1.54) is 22.4 Å².